The van der Waals surface area contributed by atoms with Crippen molar-refractivity contribution in [2.75, 3.05) is 6.54 Å². The van der Waals surface area contributed by atoms with Crippen LogP contribution in [0.4, 0.5) is 0 Å². The van der Waals surface area contributed by atoms with E-state index in [4.69, 9.17) is 0 Å². The molecule has 2 heteroatoms. The van der Waals surface area contributed by atoms with Gasteiger partial charge in [-0.2, -0.15) is 0 Å². The van der Waals surface area contributed by atoms with Gasteiger partial charge < -0.3 is 4.90 Å². The van der Waals surface area contributed by atoms with Crippen molar-refractivity contribution in [1.29, 1.82) is 0 Å². The van der Waals surface area contributed by atoms with Crippen molar-refractivity contribution in [3.05, 3.63) is 47.5 Å². The lowest BCUT2D eigenvalue weighted by atomic mass is 9.95. The Morgan fingerprint density at radius 2 is 1.94 bits per heavy atom. The molecule has 0 saturated heterocycles. The Kier molecular flexibility index (Phi) is 1.96. The van der Waals surface area contributed by atoms with Gasteiger partial charge >= 0.3 is 0 Å². The number of benzene rings is 2. The number of carbonyl (C=O) groups excluding carboxylic acids is 1. The normalized spacial score (nSPS) is 14.6. The van der Waals surface area contributed by atoms with Gasteiger partial charge in [0, 0.05) is 18.7 Å². The van der Waals surface area contributed by atoms with E-state index < -0.39 is 0 Å². The maximum Gasteiger partial charge on any atom is 0.254 e. The van der Waals surface area contributed by atoms with Gasteiger partial charge in [-0.15, -0.1) is 0 Å². The zero-order chi connectivity index (χ0) is 11.1. The Bertz CT molecular complexity index is 569. The van der Waals surface area contributed by atoms with Crippen molar-refractivity contribution >= 4 is 16.7 Å². The van der Waals surface area contributed by atoms with Gasteiger partial charge in [-0.1, -0.05) is 30.3 Å². The zero-order valence-electron chi connectivity index (χ0n) is 9.23. The average molecular weight is 211 g/mol. The van der Waals surface area contributed by atoms with E-state index in [2.05, 4.69) is 24.3 Å². The first-order valence-electron chi connectivity index (χ1n) is 5.61. The zero-order valence-corrected chi connectivity index (χ0v) is 9.23. The number of hydrogen-bond acceptors (Lipinski definition) is 1. The molecule has 3 rings (SSSR count). The number of rotatable bonds is 1. The van der Waals surface area contributed by atoms with E-state index in [1.165, 1.54) is 10.9 Å². The highest BCUT2D eigenvalue weighted by molar-refractivity contribution is 6.09. The molecule has 16 heavy (non-hydrogen) atoms. The molecule has 1 aliphatic rings. The Balaban J connectivity index is 2.35. The van der Waals surface area contributed by atoms with Crippen LogP contribution >= 0.6 is 0 Å². The van der Waals surface area contributed by atoms with E-state index in [1.807, 2.05) is 24.0 Å². The summed E-state index contributed by atoms with van der Waals surface area (Å²) in [6, 6.07) is 12.2. The second kappa shape index (κ2) is 3.34. The van der Waals surface area contributed by atoms with Crippen LogP contribution in [0.15, 0.2) is 36.4 Å². The van der Waals surface area contributed by atoms with Crippen LogP contribution in [-0.2, 0) is 6.54 Å². The minimum Gasteiger partial charge on any atom is -0.335 e. The van der Waals surface area contributed by atoms with Crippen LogP contribution in [0.3, 0.4) is 0 Å². The molecule has 0 N–H and O–H groups in total. The Hall–Kier alpha value is -1.83. The molecule has 1 heterocycles. The molecule has 0 spiro atoms. The summed E-state index contributed by atoms with van der Waals surface area (Å²) >= 11 is 0. The standard InChI is InChI=1S/C14H13NO/c1-2-15-9-11-7-3-5-10-6-4-8-12(13(10)11)14(15)16/h3-8H,2,9H2,1H3. The van der Waals surface area contributed by atoms with E-state index in [9.17, 15) is 4.79 Å². The fourth-order valence-corrected chi connectivity index (χ4v) is 2.43. The maximum absolute atomic E-state index is 12.2. The van der Waals surface area contributed by atoms with Crippen LogP contribution in [0.2, 0.25) is 0 Å². The summed E-state index contributed by atoms with van der Waals surface area (Å²) in [6.07, 6.45) is 0. The number of hydrogen-bond donors (Lipinski definition) is 0. The van der Waals surface area contributed by atoms with Crippen LogP contribution in [0, 0.1) is 0 Å². The molecule has 1 aliphatic heterocycles. The fraction of sp³-hybridized carbons (Fsp3) is 0.214. The molecular formula is C14H13NO. The Morgan fingerprint density at radius 1 is 1.19 bits per heavy atom. The predicted molar refractivity (Wildman–Crippen MR) is 64.4 cm³/mol. The Morgan fingerprint density at radius 3 is 2.69 bits per heavy atom. The van der Waals surface area contributed by atoms with Gasteiger partial charge in [-0.05, 0) is 29.3 Å². The minimum absolute atomic E-state index is 0.159. The molecular weight excluding hydrogens is 198 g/mol. The van der Waals surface area contributed by atoms with Crippen LogP contribution in [0.25, 0.3) is 10.8 Å². The maximum atomic E-state index is 12.2. The van der Waals surface area contributed by atoms with E-state index in [1.54, 1.807) is 0 Å². The van der Waals surface area contributed by atoms with Crippen molar-refractivity contribution in [3.63, 3.8) is 0 Å². The minimum atomic E-state index is 0.159. The third kappa shape index (κ3) is 1.16. The van der Waals surface area contributed by atoms with Crippen molar-refractivity contribution in [3.8, 4) is 0 Å². The first-order valence-corrected chi connectivity index (χ1v) is 5.61. The largest absolute Gasteiger partial charge is 0.335 e. The van der Waals surface area contributed by atoms with Gasteiger partial charge in [0.15, 0.2) is 0 Å². The van der Waals surface area contributed by atoms with Gasteiger partial charge in [-0.25, -0.2) is 0 Å². The molecule has 0 bridgehead atoms. The summed E-state index contributed by atoms with van der Waals surface area (Å²) in [5, 5.41) is 2.30. The smallest absolute Gasteiger partial charge is 0.254 e. The highest BCUT2D eigenvalue weighted by atomic mass is 16.2. The lowest BCUT2D eigenvalue weighted by molar-refractivity contribution is 0.0747. The number of carbonyl (C=O) groups is 1. The van der Waals surface area contributed by atoms with Gasteiger partial charge in [0.1, 0.15) is 0 Å². The summed E-state index contributed by atoms with van der Waals surface area (Å²) < 4.78 is 0. The molecule has 2 aromatic rings. The average Bonchev–Trinajstić information content (AvgIpc) is 2.33. The van der Waals surface area contributed by atoms with Crippen LogP contribution < -0.4 is 0 Å². The molecule has 80 valence electrons. The third-order valence-corrected chi connectivity index (χ3v) is 3.25. The van der Waals surface area contributed by atoms with Crippen molar-refractivity contribution in [1.82, 2.24) is 4.90 Å². The second-order valence-corrected chi connectivity index (χ2v) is 4.14. The van der Waals surface area contributed by atoms with Gasteiger partial charge in [-0.3, -0.25) is 4.79 Å². The monoisotopic (exact) mass is 211 g/mol. The van der Waals surface area contributed by atoms with E-state index in [0.717, 1.165) is 24.0 Å². The van der Waals surface area contributed by atoms with Gasteiger partial charge in [0.25, 0.3) is 5.91 Å². The van der Waals surface area contributed by atoms with Crippen molar-refractivity contribution < 1.29 is 4.79 Å². The van der Waals surface area contributed by atoms with Gasteiger partial charge in [0.05, 0.1) is 0 Å². The summed E-state index contributed by atoms with van der Waals surface area (Å²) in [7, 11) is 0. The highest BCUT2D eigenvalue weighted by Gasteiger charge is 2.23. The van der Waals surface area contributed by atoms with Crippen LogP contribution in [0.1, 0.15) is 22.8 Å². The van der Waals surface area contributed by atoms with Crippen LogP contribution in [-0.4, -0.2) is 17.4 Å². The molecule has 1 amide bonds. The molecule has 0 saturated carbocycles. The second-order valence-electron chi connectivity index (χ2n) is 4.14. The quantitative estimate of drug-likeness (QED) is 0.710. The molecule has 0 aromatic heterocycles. The fourth-order valence-electron chi connectivity index (χ4n) is 2.43. The summed E-state index contributed by atoms with van der Waals surface area (Å²) in [5.74, 6) is 0.159. The van der Waals surface area contributed by atoms with Gasteiger partial charge in [0.2, 0.25) is 0 Å². The van der Waals surface area contributed by atoms with E-state index >= 15 is 0 Å². The SMILES string of the molecule is CCN1Cc2cccc3cccc(c23)C1=O. The first kappa shape index (κ1) is 9.40. The first-order chi connectivity index (χ1) is 7.81. The molecule has 0 atom stereocenters. The summed E-state index contributed by atoms with van der Waals surface area (Å²) in [5.41, 5.74) is 2.11. The molecule has 0 radical (unpaired) electrons. The summed E-state index contributed by atoms with van der Waals surface area (Å²) in [6.45, 7) is 3.53. The predicted octanol–water partition coefficient (Wildman–Crippen LogP) is 2.82. The molecule has 2 nitrogen and oxygen atoms in total. The van der Waals surface area contributed by atoms with E-state index in [-0.39, 0.29) is 5.91 Å². The number of amides is 1. The lowest BCUT2D eigenvalue weighted by Crippen LogP contribution is -2.33. The molecule has 2 aromatic carbocycles. The molecule has 0 aliphatic carbocycles. The topological polar surface area (TPSA) is 20.3 Å². The molecule has 0 fully saturated rings. The van der Waals surface area contributed by atoms with Crippen molar-refractivity contribution in [2.24, 2.45) is 0 Å². The van der Waals surface area contributed by atoms with E-state index in [0.29, 0.717) is 0 Å². The van der Waals surface area contributed by atoms with Crippen LogP contribution in [0.5, 0.6) is 0 Å². The molecule has 0 unspecified atom stereocenters. The third-order valence-electron chi connectivity index (χ3n) is 3.25. The lowest BCUT2D eigenvalue weighted by Gasteiger charge is -2.27. The van der Waals surface area contributed by atoms with Crippen molar-refractivity contribution in [2.45, 2.75) is 13.5 Å². The highest BCUT2D eigenvalue weighted by Crippen LogP contribution is 2.29. The Labute approximate surface area is 94.5 Å². The summed E-state index contributed by atoms with van der Waals surface area (Å²) in [4.78, 5) is 14.0. The number of nitrogens with zero attached hydrogens (tertiary/aromatic N) is 1.